The summed E-state index contributed by atoms with van der Waals surface area (Å²) in [5.74, 6) is -1.50. The number of nitrogens with one attached hydrogen (secondary N) is 1. The number of hydrogen-bond donors (Lipinski definition) is 2. The molecule has 90 valence electrons. The van der Waals surface area contributed by atoms with E-state index < -0.39 is 29.6 Å². The fourth-order valence-corrected chi connectivity index (χ4v) is 1.50. The summed E-state index contributed by atoms with van der Waals surface area (Å²) < 4.78 is 5.05. The van der Waals surface area contributed by atoms with E-state index in [1.54, 1.807) is 32.9 Å². The van der Waals surface area contributed by atoms with E-state index in [1.165, 1.54) is 0 Å². The lowest BCUT2D eigenvalue weighted by atomic mass is 10.0. The van der Waals surface area contributed by atoms with Crippen molar-refractivity contribution in [1.29, 1.82) is 0 Å². The van der Waals surface area contributed by atoms with Crippen molar-refractivity contribution in [3.63, 3.8) is 0 Å². The zero-order chi connectivity index (χ0) is 12.3. The lowest BCUT2D eigenvalue weighted by Gasteiger charge is -2.22. The summed E-state index contributed by atoms with van der Waals surface area (Å²) in [6.07, 6.45) is 3.29. The minimum atomic E-state index is -0.911. The number of ether oxygens (including phenoxy) is 1. The Morgan fingerprint density at radius 3 is 2.56 bits per heavy atom. The number of carboxylic acid groups (broad SMARTS) is 1. The number of allylic oxidation sites excluding steroid dienone is 1. The number of aliphatic carboxylic acids is 1. The van der Waals surface area contributed by atoms with Gasteiger partial charge in [-0.05, 0) is 27.2 Å². The monoisotopic (exact) mass is 227 g/mol. The number of rotatable bonds is 2. The first-order chi connectivity index (χ1) is 7.29. The van der Waals surface area contributed by atoms with Gasteiger partial charge in [-0.3, -0.25) is 4.79 Å². The van der Waals surface area contributed by atoms with Crippen LogP contribution < -0.4 is 5.32 Å². The minimum Gasteiger partial charge on any atom is -0.481 e. The van der Waals surface area contributed by atoms with Crippen LogP contribution in [0.2, 0.25) is 0 Å². The summed E-state index contributed by atoms with van der Waals surface area (Å²) >= 11 is 0. The molecule has 0 fully saturated rings. The van der Waals surface area contributed by atoms with Crippen LogP contribution in [0.1, 0.15) is 27.2 Å². The molecule has 1 aliphatic carbocycles. The highest BCUT2D eigenvalue weighted by Gasteiger charge is 2.31. The van der Waals surface area contributed by atoms with Gasteiger partial charge >= 0.3 is 12.1 Å². The van der Waals surface area contributed by atoms with E-state index in [0.717, 1.165) is 0 Å². The number of carbonyl (C=O) groups excluding carboxylic acids is 1. The Labute approximate surface area is 94.5 Å². The molecule has 1 rings (SSSR count). The van der Waals surface area contributed by atoms with Crippen LogP contribution in [-0.4, -0.2) is 28.8 Å². The Bertz CT molecular complexity index is 316. The third-order valence-electron chi connectivity index (χ3n) is 2.17. The number of hydrogen-bond acceptors (Lipinski definition) is 3. The standard InChI is InChI=1S/C11H17NO4/c1-11(2,3)16-10(15)12-8-6-4-5-7(8)9(13)14/h4,6-8H,5H2,1-3H3,(H,12,15)(H,13,14). The second kappa shape index (κ2) is 4.55. The van der Waals surface area contributed by atoms with Gasteiger partial charge in [-0.25, -0.2) is 4.79 Å². The molecule has 0 aromatic heterocycles. The Morgan fingerprint density at radius 1 is 1.44 bits per heavy atom. The number of amides is 1. The van der Waals surface area contributed by atoms with E-state index in [4.69, 9.17) is 9.84 Å². The third kappa shape index (κ3) is 3.56. The molecule has 0 radical (unpaired) electrons. The van der Waals surface area contributed by atoms with Crippen molar-refractivity contribution in [2.24, 2.45) is 5.92 Å². The minimum absolute atomic E-state index is 0.440. The molecule has 0 bridgehead atoms. The average molecular weight is 227 g/mol. The second-order valence-corrected chi connectivity index (χ2v) is 4.78. The predicted octanol–water partition coefficient (Wildman–Crippen LogP) is 1.54. The van der Waals surface area contributed by atoms with Crippen molar-refractivity contribution in [2.45, 2.75) is 38.8 Å². The first-order valence-electron chi connectivity index (χ1n) is 5.18. The van der Waals surface area contributed by atoms with Crippen molar-refractivity contribution < 1.29 is 19.4 Å². The van der Waals surface area contributed by atoms with E-state index in [2.05, 4.69) is 5.32 Å². The van der Waals surface area contributed by atoms with E-state index in [0.29, 0.717) is 6.42 Å². The van der Waals surface area contributed by atoms with Crippen molar-refractivity contribution in [3.05, 3.63) is 12.2 Å². The van der Waals surface area contributed by atoms with Crippen LogP contribution in [0.5, 0.6) is 0 Å². The molecule has 5 nitrogen and oxygen atoms in total. The molecule has 2 unspecified atom stereocenters. The molecule has 0 heterocycles. The van der Waals surface area contributed by atoms with Crippen LogP contribution in [-0.2, 0) is 9.53 Å². The van der Waals surface area contributed by atoms with Gasteiger partial charge in [-0.2, -0.15) is 0 Å². The molecule has 0 aliphatic heterocycles. The molecular weight excluding hydrogens is 210 g/mol. The van der Waals surface area contributed by atoms with Gasteiger partial charge in [0.05, 0.1) is 12.0 Å². The molecule has 0 spiro atoms. The van der Waals surface area contributed by atoms with Crippen LogP contribution >= 0.6 is 0 Å². The van der Waals surface area contributed by atoms with Crippen LogP contribution in [0.3, 0.4) is 0 Å². The predicted molar refractivity (Wildman–Crippen MR) is 58.0 cm³/mol. The highest BCUT2D eigenvalue weighted by molar-refractivity contribution is 5.75. The van der Waals surface area contributed by atoms with Gasteiger partial charge in [0.1, 0.15) is 5.60 Å². The van der Waals surface area contributed by atoms with Gasteiger partial charge in [0, 0.05) is 0 Å². The fourth-order valence-electron chi connectivity index (χ4n) is 1.50. The van der Waals surface area contributed by atoms with Gasteiger partial charge in [-0.15, -0.1) is 0 Å². The Morgan fingerprint density at radius 2 is 2.06 bits per heavy atom. The van der Waals surface area contributed by atoms with Gasteiger partial charge in [0.15, 0.2) is 0 Å². The molecule has 0 saturated heterocycles. The number of carbonyl (C=O) groups is 2. The van der Waals surface area contributed by atoms with E-state index in [-0.39, 0.29) is 0 Å². The fraction of sp³-hybridized carbons (Fsp3) is 0.636. The molecule has 16 heavy (non-hydrogen) atoms. The number of alkyl carbamates (subject to hydrolysis) is 1. The Balaban J connectivity index is 2.51. The highest BCUT2D eigenvalue weighted by Crippen LogP contribution is 2.19. The van der Waals surface area contributed by atoms with Gasteiger partial charge in [0.25, 0.3) is 0 Å². The summed E-state index contributed by atoms with van der Waals surface area (Å²) in [4.78, 5) is 22.3. The van der Waals surface area contributed by atoms with E-state index in [9.17, 15) is 9.59 Å². The molecular formula is C11H17NO4. The van der Waals surface area contributed by atoms with Crippen molar-refractivity contribution in [3.8, 4) is 0 Å². The van der Waals surface area contributed by atoms with Crippen LogP contribution in [0.25, 0.3) is 0 Å². The SMILES string of the molecule is CC(C)(C)OC(=O)NC1C=CCC1C(=O)O. The maximum Gasteiger partial charge on any atom is 0.408 e. The van der Waals surface area contributed by atoms with Gasteiger partial charge in [-0.1, -0.05) is 12.2 Å². The van der Waals surface area contributed by atoms with Crippen LogP contribution in [0.4, 0.5) is 4.79 Å². The van der Waals surface area contributed by atoms with E-state index >= 15 is 0 Å². The summed E-state index contributed by atoms with van der Waals surface area (Å²) in [7, 11) is 0. The lowest BCUT2D eigenvalue weighted by Crippen LogP contribution is -2.42. The number of carboxylic acids is 1. The van der Waals surface area contributed by atoms with Crippen LogP contribution in [0.15, 0.2) is 12.2 Å². The van der Waals surface area contributed by atoms with Gasteiger partial charge in [0.2, 0.25) is 0 Å². The normalized spacial score (nSPS) is 24.2. The highest BCUT2D eigenvalue weighted by atomic mass is 16.6. The quantitative estimate of drug-likeness (QED) is 0.701. The smallest absolute Gasteiger partial charge is 0.408 e. The van der Waals surface area contributed by atoms with Crippen molar-refractivity contribution >= 4 is 12.1 Å². The summed E-state index contributed by atoms with van der Waals surface area (Å²) in [5, 5.41) is 11.4. The van der Waals surface area contributed by atoms with Crippen LogP contribution in [0, 0.1) is 5.92 Å². The van der Waals surface area contributed by atoms with E-state index in [1.807, 2.05) is 0 Å². The first-order valence-corrected chi connectivity index (χ1v) is 5.18. The summed E-state index contributed by atoms with van der Waals surface area (Å²) in [6.45, 7) is 5.27. The van der Waals surface area contributed by atoms with Crippen molar-refractivity contribution in [2.75, 3.05) is 0 Å². The zero-order valence-electron chi connectivity index (χ0n) is 9.69. The second-order valence-electron chi connectivity index (χ2n) is 4.78. The first kappa shape index (κ1) is 12.5. The molecule has 0 aromatic rings. The molecule has 0 aromatic carbocycles. The van der Waals surface area contributed by atoms with Crippen molar-refractivity contribution in [1.82, 2.24) is 5.32 Å². The molecule has 1 amide bonds. The zero-order valence-corrected chi connectivity index (χ0v) is 9.69. The largest absolute Gasteiger partial charge is 0.481 e. The molecule has 1 aliphatic rings. The molecule has 0 saturated carbocycles. The third-order valence-corrected chi connectivity index (χ3v) is 2.17. The lowest BCUT2D eigenvalue weighted by molar-refractivity contribution is -0.141. The summed E-state index contributed by atoms with van der Waals surface area (Å²) in [6, 6.07) is -0.479. The maximum atomic E-state index is 11.4. The molecule has 2 N–H and O–H groups in total. The summed E-state index contributed by atoms with van der Waals surface area (Å²) in [5.41, 5.74) is -0.578. The molecule has 2 atom stereocenters. The Kier molecular flexibility index (Phi) is 3.57. The Hall–Kier alpha value is -1.52. The topological polar surface area (TPSA) is 75.6 Å². The van der Waals surface area contributed by atoms with Gasteiger partial charge < -0.3 is 15.2 Å². The average Bonchev–Trinajstić information content (AvgIpc) is 2.47. The maximum absolute atomic E-state index is 11.4. The molecule has 5 heteroatoms.